The summed E-state index contributed by atoms with van der Waals surface area (Å²) >= 11 is 0. The van der Waals surface area contributed by atoms with Gasteiger partial charge in [0.2, 0.25) is 17.5 Å². The summed E-state index contributed by atoms with van der Waals surface area (Å²) in [5, 5.41) is 111. The molecule has 0 aliphatic carbocycles. The zero-order chi connectivity index (χ0) is 32.2. The lowest BCUT2D eigenvalue weighted by Crippen LogP contribution is -2.61. The fraction of sp³-hybridized carbons (Fsp3) is 0.444. The molecule has 0 bridgehead atoms. The second-order valence-electron chi connectivity index (χ2n) is 10.4. The summed E-state index contributed by atoms with van der Waals surface area (Å²) in [6.07, 6.45) is -15.6. The molecule has 3 unspecified atom stereocenters. The van der Waals surface area contributed by atoms with Gasteiger partial charge in [0, 0.05) is 17.7 Å². The van der Waals surface area contributed by atoms with Gasteiger partial charge in [-0.3, -0.25) is 4.79 Å². The van der Waals surface area contributed by atoms with Crippen molar-refractivity contribution in [2.45, 2.75) is 68.3 Å². The molecule has 2 aromatic carbocycles. The predicted octanol–water partition coefficient (Wildman–Crippen LogP) is -1.53. The maximum absolute atomic E-state index is 12.9. The van der Waals surface area contributed by atoms with E-state index < -0.39 is 113 Å². The highest BCUT2D eigenvalue weighted by molar-refractivity contribution is 7.59. The van der Waals surface area contributed by atoms with Gasteiger partial charge in [0.1, 0.15) is 65.2 Å². The highest BCUT2D eigenvalue weighted by Crippen LogP contribution is 2.42. The Morgan fingerprint density at radius 3 is 1.83 bits per heavy atom. The first-order valence-electron chi connectivity index (χ1n) is 13.1. The van der Waals surface area contributed by atoms with E-state index in [1.165, 1.54) is 6.92 Å². The van der Waals surface area contributed by atoms with E-state index >= 15 is 0 Å². The molecule has 5 rings (SSSR count). The molecule has 21 heteroatoms. The van der Waals surface area contributed by atoms with E-state index in [0.717, 1.165) is 24.3 Å². The van der Waals surface area contributed by atoms with Gasteiger partial charge in [-0.05, 0) is 19.1 Å². The average molecular weight is 763 g/mol. The van der Waals surface area contributed by atoms with E-state index in [1.54, 1.807) is 0 Å². The molecule has 0 saturated carbocycles. The minimum absolute atomic E-state index is 0. The summed E-state index contributed by atoms with van der Waals surface area (Å²) < 4.78 is 27.5. The SMILES string of the molecule is C[C@@H]1OC(OC[C@H]2OC(Oc3cc(O)c4c(=O)c(O)c(-c5cc(O)c(O)c(O)c5)oc4c3)[C@H](O)C(O)[C@@H]2O)[C@H](O)[C@H](O)[C@H]1O.S.S.S.S. The molecule has 11 N–H and O–H groups in total. The summed E-state index contributed by atoms with van der Waals surface area (Å²) in [6, 6.07) is 3.75. The number of fused-ring (bicyclic) bond motifs is 1. The standard InChI is InChI=1S/C27H30O17.4H2S/c1-7-16(31)20(35)23(38)26(41-7)40-6-14-18(33)21(36)24(39)27(44-14)42-9-4-10(28)15-13(5-9)43-25(22(37)19(15)34)8-2-11(29)17(32)12(30)3-8;;;;/h2-5,7,14,16,18,20-21,23-24,26-33,35-39H,6H2,1H3;4*1H2/t7-,14+,16-,18+,20+,21?,23+,24+,26?,27?;;;;/m0..../s1. The zero-order valence-corrected chi connectivity index (χ0v) is 28.7. The Labute approximate surface area is 298 Å². The number of phenols is 4. The number of aliphatic hydroxyl groups is 6. The molecular weight excluding hydrogens is 725 g/mol. The van der Waals surface area contributed by atoms with Crippen molar-refractivity contribution in [3.8, 4) is 45.8 Å². The lowest BCUT2D eigenvalue weighted by molar-refractivity contribution is -0.318. The molecule has 48 heavy (non-hydrogen) atoms. The number of hydrogen-bond acceptors (Lipinski definition) is 17. The van der Waals surface area contributed by atoms with Crippen molar-refractivity contribution in [2.24, 2.45) is 0 Å². The third kappa shape index (κ3) is 8.09. The maximum atomic E-state index is 12.9. The number of hydrogen-bond donors (Lipinski definition) is 11. The predicted molar refractivity (Wildman–Crippen MR) is 183 cm³/mol. The number of aromatic hydroxyl groups is 5. The Kier molecular flexibility index (Phi) is 15.4. The Bertz CT molecular complexity index is 1590. The van der Waals surface area contributed by atoms with Crippen molar-refractivity contribution in [3.05, 3.63) is 34.5 Å². The highest BCUT2D eigenvalue weighted by atomic mass is 32.1. The fourth-order valence-corrected chi connectivity index (χ4v) is 4.89. The van der Waals surface area contributed by atoms with Crippen molar-refractivity contribution < 1.29 is 79.5 Å². The Morgan fingerprint density at radius 2 is 1.23 bits per heavy atom. The molecular formula is C27H38O17S4. The first kappa shape index (κ1) is 43.5. The van der Waals surface area contributed by atoms with Crippen LogP contribution in [0.4, 0.5) is 0 Å². The first-order valence-corrected chi connectivity index (χ1v) is 13.1. The van der Waals surface area contributed by atoms with E-state index in [0.29, 0.717) is 0 Å². The van der Waals surface area contributed by atoms with E-state index in [-0.39, 0.29) is 70.9 Å². The Morgan fingerprint density at radius 1 is 0.667 bits per heavy atom. The quantitative estimate of drug-likeness (QED) is 0.127. The van der Waals surface area contributed by atoms with E-state index in [9.17, 15) is 61.0 Å². The van der Waals surface area contributed by atoms with Crippen molar-refractivity contribution in [3.63, 3.8) is 0 Å². The molecule has 2 aliphatic rings. The summed E-state index contributed by atoms with van der Waals surface area (Å²) in [5.41, 5.74) is -1.72. The summed E-state index contributed by atoms with van der Waals surface area (Å²) in [4.78, 5) is 12.9. The number of benzene rings is 2. The second kappa shape index (κ2) is 16.9. The highest BCUT2D eigenvalue weighted by Gasteiger charge is 2.47. The third-order valence-corrected chi connectivity index (χ3v) is 7.41. The molecule has 2 fully saturated rings. The molecule has 0 amide bonds. The first-order chi connectivity index (χ1) is 20.7. The Hall–Kier alpha value is -2.51. The van der Waals surface area contributed by atoms with Gasteiger partial charge < -0.3 is 79.5 Å². The van der Waals surface area contributed by atoms with Gasteiger partial charge in [-0.1, -0.05) is 0 Å². The molecule has 272 valence electrons. The molecule has 1 aromatic heterocycles. The molecule has 3 aromatic rings. The molecule has 17 nitrogen and oxygen atoms in total. The third-order valence-electron chi connectivity index (χ3n) is 7.41. The number of rotatable bonds is 6. The van der Waals surface area contributed by atoms with Crippen LogP contribution in [0.25, 0.3) is 22.3 Å². The van der Waals surface area contributed by atoms with Gasteiger partial charge >= 0.3 is 0 Å². The topological polar surface area (TPSA) is 290 Å². The summed E-state index contributed by atoms with van der Waals surface area (Å²) in [7, 11) is 0. The maximum Gasteiger partial charge on any atom is 0.238 e. The lowest BCUT2D eigenvalue weighted by Gasteiger charge is -2.42. The lowest BCUT2D eigenvalue weighted by atomic mass is 9.98. The van der Waals surface area contributed by atoms with E-state index in [4.69, 9.17) is 23.4 Å². The van der Waals surface area contributed by atoms with E-state index in [2.05, 4.69) is 0 Å². The van der Waals surface area contributed by atoms with Crippen LogP contribution in [0.3, 0.4) is 0 Å². The van der Waals surface area contributed by atoms with Crippen LogP contribution in [0.15, 0.2) is 33.5 Å². The summed E-state index contributed by atoms with van der Waals surface area (Å²) in [5.74, 6) is -5.05. The van der Waals surface area contributed by atoms with Crippen molar-refractivity contribution in [1.29, 1.82) is 0 Å². The molecule has 0 radical (unpaired) electrons. The molecule has 2 saturated heterocycles. The van der Waals surface area contributed by atoms with Crippen LogP contribution < -0.4 is 10.2 Å². The van der Waals surface area contributed by atoms with Crippen molar-refractivity contribution in [1.82, 2.24) is 0 Å². The molecule has 2 aliphatic heterocycles. The minimum Gasteiger partial charge on any atom is -0.507 e. The van der Waals surface area contributed by atoms with Crippen LogP contribution in [-0.4, -0.2) is 124 Å². The average Bonchev–Trinajstić information content (AvgIpc) is 2.98. The van der Waals surface area contributed by atoms with Gasteiger partial charge in [-0.15, -0.1) is 0 Å². The van der Waals surface area contributed by atoms with Crippen molar-refractivity contribution >= 4 is 65.0 Å². The van der Waals surface area contributed by atoms with Gasteiger partial charge in [-0.25, -0.2) is 0 Å². The van der Waals surface area contributed by atoms with Crippen LogP contribution in [0, 0.1) is 0 Å². The normalized spacial score (nSPS) is 29.8. The van der Waals surface area contributed by atoms with Crippen LogP contribution in [0.5, 0.6) is 34.5 Å². The zero-order valence-electron chi connectivity index (χ0n) is 24.7. The molecule has 10 atom stereocenters. The summed E-state index contributed by atoms with van der Waals surface area (Å²) in [6.45, 7) is 0.866. The van der Waals surface area contributed by atoms with Crippen LogP contribution >= 0.6 is 54.0 Å². The number of ether oxygens (including phenoxy) is 4. The smallest absolute Gasteiger partial charge is 0.238 e. The van der Waals surface area contributed by atoms with E-state index in [1.807, 2.05) is 0 Å². The Balaban J connectivity index is 0.00000288. The largest absolute Gasteiger partial charge is 0.507 e. The number of phenolic OH excluding ortho intramolecular Hbond substituents is 4. The monoisotopic (exact) mass is 762 g/mol. The van der Waals surface area contributed by atoms with Gasteiger partial charge in [0.05, 0.1) is 12.7 Å². The van der Waals surface area contributed by atoms with Gasteiger partial charge in [-0.2, -0.15) is 54.0 Å². The van der Waals surface area contributed by atoms with Crippen LogP contribution in [0.2, 0.25) is 0 Å². The van der Waals surface area contributed by atoms with Gasteiger partial charge in [0.15, 0.2) is 29.3 Å². The fourth-order valence-electron chi connectivity index (χ4n) is 4.89. The molecule has 0 spiro atoms. The van der Waals surface area contributed by atoms with Crippen LogP contribution in [-0.2, 0) is 14.2 Å². The number of aliphatic hydroxyl groups excluding tert-OH is 6. The second-order valence-corrected chi connectivity index (χ2v) is 10.4. The van der Waals surface area contributed by atoms with Crippen LogP contribution in [0.1, 0.15) is 6.92 Å². The van der Waals surface area contributed by atoms with Crippen molar-refractivity contribution in [2.75, 3.05) is 6.61 Å². The minimum atomic E-state index is -1.86. The van der Waals surface area contributed by atoms with Gasteiger partial charge in [0.25, 0.3) is 0 Å². The molecule has 3 heterocycles.